The van der Waals surface area contributed by atoms with Crippen LogP contribution in [0.15, 0.2) is 70.5 Å². The van der Waals surface area contributed by atoms with Crippen LogP contribution in [0.3, 0.4) is 0 Å². The third kappa shape index (κ3) is 11.5. The molecule has 200 valence electrons. The minimum Gasteiger partial charge on any atom is -0.463 e. The maximum absolute atomic E-state index is 13.1. The van der Waals surface area contributed by atoms with Crippen molar-refractivity contribution in [2.24, 2.45) is 5.92 Å². The zero-order valence-corrected chi connectivity index (χ0v) is 22.4. The van der Waals surface area contributed by atoms with Crippen LogP contribution in [0, 0.1) is 5.92 Å². The Bertz CT molecular complexity index is 1100. The zero-order chi connectivity index (χ0) is 27.0. The molecule has 0 bridgehead atoms. The van der Waals surface area contributed by atoms with Gasteiger partial charge in [0.15, 0.2) is 0 Å². The van der Waals surface area contributed by atoms with Crippen molar-refractivity contribution in [3.05, 3.63) is 71.2 Å². The number of pyridine rings is 1. The molecule has 3 N–H and O–H groups in total. The quantitative estimate of drug-likeness (QED) is 0.184. The molecular weight excluding hydrogens is 492 g/mol. The number of esters is 1. The summed E-state index contributed by atoms with van der Waals surface area (Å²) in [4.78, 5) is 50.7. The Hall–Kier alpha value is -3.37. The predicted octanol–water partition coefficient (Wildman–Crippen LogP) is 3.51. The lowest BCUT2D eigenvalue weighted by Gasteiger charge is -2.17. The van der Waals surface area contributed by atoms with Gasteiger partial charge in [-0.05, 0) is 68.3 Å². The Morgan fingerprint density at radius 1 is 1.08 bits per heavy atom. The number of allylic oxidation sites excluding steroid dienone is 1. The normalized spacial score (nSPS) is 11.9. The fourth-order valence-corrected chi connectivity index (χ4v) is 3.99. The van der Waals surface area contributed by atoms with Crippen molar-refractivity contribution >= 4 is 35.4 Å². The van der Waals surface area contributed by atoms with Crippen LogP contribution in [0.25, 0.3) is 0 Å². The van der Waals surface area contributed by atoms with Gasteiger partial charge in [0.05, 0.1) is 12.6 Å². The first-order valence-electron chi connectivity index (χ1n) is 12.4. The van der Waals surface area contributed by atoms with Gasteiger partial charge < -0.3 is 19.9 Å². The van der Waals surface area contributed by atoms with E-state index in [0.717, 1.165) is 11.3 Å². The molecule has 0 saturated heterocycles. The molecule has 0 spiro atoms. The molecule has 1 heterocycles. The Kier molecular flexibility index (Phi) is 13.2. The Balaban J connectivity index is 2.06. The van der Waals surface area contributed by atoms with E-state index in [0.29, 0.717) is 25.3 Å². The van der Waals surface area contributed by atoms with Crippen molar-refractivity contribution in [1.82, 2.24) is 14.6 Å². The molecule has 0 aliphatic carbocycles. The fraction of sp³-hybridized carbons (Fsp3) is 0.407. The molecule has 37 heavy (non-hydrogen) atoms. The standard InChI is InChI=1S/C27H36N4O5S/c1-4-36-25(33)15-9-8-13-22(30-37-21-11-6-5-7-12-21)26(34)29-23-14-10-18-31(27(23)35)19-24(32)28-17-16-20(2)3/h5-7,9-12,14-15,18,20,22,30H,4,8,13,16-17,19H2,1-3H3,(H,28,32)(H,29,34). The second-order valence-corrected chi connectivity index (χ2v) is 9.61. The topological polar surface area (TPSA) is 119 Å². The number of amides is 2. The van der Waals surface area contributed by atoms with Gasteiger partial charge in [-0.1, -0.05) is 38.1 Å². The van der Waals surface area contributed by atoms with Crippen LogP contribution in [0.1, 0.15) is 40.0 Å². The highest BCUT2D eigenvalue weighted by Crippen LogP contribution is 2.16. The molecule has 0 fully saturated rings. The van der Waals surface area contributed by atoms with Crippen molar-refractivity contribution < 1.29 is 19.1 Å². The molecule has 0 aliphatic rings. The minimum absolute atomic E-state index is 0.0843. The molecule has 2 aromatic rings. The SMILES string of the molecule is CCOC(=O)C=CCCC(NSc1ccccc1)C(=O)Nc1cccn(CC(=O)NCCC(C)C)c1=O. The number of carbonyl (C=O) groups excluding carboxylic acids is 3. The molecule has 2 amide bonds. The summed E-state index contributed by atoms with van der Waals surface area (Å²) in [6.07, 6.45) is 6.17. The number of nitrogens with one attached hydrogen (secondary N) is 3. The van der Waals surface area contributed by atoms with Gasteiger partial charge in [0.2, 0.25) is 11.8 Å². The van der Waals surface area contributed by atoms with Crippen LogP contribution in [-0.2, 0) is 25.7 Å². The molecule has 10 heteroatoms. The van der Waals surface area contributed by atoms with E-state index >= 15 is 0 Å². The van der Waals surface area contributed by atoms with Crippen LogP contribution in [0.2, 0.25) is 0 Å². The summed E-state index contributed by atoms with van der Waals surface area (Å²) in [5, 5.41) is 5.50. The van der Waals surface area contributed by atoms with E-state index in [-0.39, 0.29) is 24.7 Å². The van der Waals surface area contributed by atoms with Crippen LogP contribution >= 0.6 is 11.9 Å². The van der Waals surface area contributed by atoms with Crippen molar-refractivity contribution in [3.63, 3.8) is 0 Å². The van der Waals surface area contributed by atoms with Crippen molar-refractivity contribution in [3.8, 4) is 0 Å². The summed E-state index contributed by atoms with van der Waals surface area (Å²) in [7, 11) is 0. The Morgan fingerprint density at radius 3 is 2.54 bits per heavy atom. The zero-order valence-electron chi connectivity index (χ0n) is 21.6. The number of hydrogen-bond acceptors (Lipinski definition) is 7. The van der Waals surface area contributed by atoms with E-state index < -0.39 is 23.5 Å². The molecule has 9 nitrogen and oxygen atoms in total. The van der Waals surface area contributed by atoms with Gasteiger partial charge in [-0.15, -0.1) is 0 Å². The van der Waals surface area contributed by atoms with E-state index in [2.05, 4.69) is 29.2 Å². The molecule has 1 aromatic carbocycles. The average Bonchev–Trinajstić information content (AvgIpc) is 2.86. The van der Waals surface area contributed by atoms with Crippen molar-refractivity contribution in [2.75, 3.05) is 18.5 Å². The number of ether oxygens (including phenoxy) is 1. The number of rotatable bonds is 15. The largest absolute Gasteiger partial charge is 0.463 e. The number of benzene rings is 1. The highest BCUT2D eigenvalue weighted by atomic mass is 32.2. The van der Waals surface area contributed by atoms with Crippen LogP contribution in [0.4, 0.5) is 5.69 Å². The Labute approximate surface area is 222 Å². The van der Waals surface area contributed by atoms with E-state index in [1.807, 2.05) is 30.3 Å². The van der Waals surface area contributed by atoms with Gasteiger partial charge >= 0.3 is 5.97 Å². The molecule has 1 unspecified atom stereocenters. The number of hydrogen-bond donors (Lipinski definition) is 3. The summed E-state index contributed by atoms with van der Waals surface area (Å²) in [6, 6.07) is 12.0. The summed E-state index contributed by atoms with van der Waals surface area (Å²) in [6.45, 7) is 6.56. The van der Waals surface area contributed by atoms with E-state index in [1.54, 1.807) is 19.1 Å². The van der Waals surface area contributed by atoms with E-state index in [9.17, 15) is 19.2 Å². The lowest BCUT2D eigenvalue weighted by Crippen LogP contribution is -2.39. The summed E-state index contributed by atoms with van der Waals surface area (Å²) < 4.78 is 9.29. The summed E-state index contributed by atoms with van der Waals surface area (Å²) in [5.41, 5.74) is -0.382. The van der Waals surface area contributed by atoms with Gasteiger partial charge in [0.25, 0.3) is 5.56 Å². The first kappa shape index (κ1) is 29.9. The minimum atomic E-state index is -0.663. The summed E-state index contributed by atoms with van der Waals surface area (Å²) in [5.74, 6) is -0.639. The fourth-order valence-electron chi connectivity index (χ4n) is 3.19. The molecule has 0 radical (unpaired) electrons. The third-order valence-electron chi connectivity index (χ3n) is 5.18. The number of carbonyl (C=O) groups is 3. The highest BCUT2D eigenvalue weighted by molar-refractivity contribution is 7.97. The van der Waals surface area contributed by atoms with Crippen LogP contribution in [-0.4, -0.2) is 41.5 Å². The molecule has 2 rings (SSSR count). The number of nitrogens with zero attached hydrogens (tertiary/aromatic N) is 1. The third-order valence-corrected chi connectivity index (χ3v) is 6.09. The highest BCUT2D eigenvalue weighted by Gasteiger charge is 2.20. The van der Waals surface area contributed by atoms with Gasteiger partial charge in [-0.25, -0.2) is 9.52 Å². The van der Waals surface area contributed by atoms with Gasteiger partial charge in [0, 0.05) is 23.7 Å². The van der Waals surface area contributed by atoms with E-state index in [4.69, 9.17) is 4.74 Å². The van der Waals surface area contributed by atoms with Crippen LogP contribution < -0.4 is 20.9 Å². The lowest BCUT2D eigenvalue weighted by atomic mass is 10.1. The molecule has 0 aliphatic heterocycles. The summed E-state index contributed by atoms with van der Waals surface area (Å²) >= 11 is 1.30. The monoisotopic (exact) mass is 528 g/mol. The van der Waals surface area contributed by atoms with Crippen LogP contribution in [0.5, 0.6) is 0 Å². The van der Waals surface area contributed by atoms with Gasteiger partial charge in [-0.2, -0.15) is 0 Å². The van der Waals surface area contributed by atoms with Crippen molar-refractivity contribution in [2.45, 2.75) is 57.5 Å². The van der Waals surface area contributed by atoms with E-state index in [1.165, 1.54) is 34.9 Å². The molecule has 1 aromatic heterocycles. The number of anilines is 1. The second-order valence-electron chi connectivity index (χ2n) is 8.69. The van der Waals surface area contributed by atoms with Gasteiger partial charge in [-0.3, -0.25) is 14.4 Å². The smallest absolute Gasteiger partial charge is 0.330 e. The Morgan fingerprint density at radius 2 is 1.84 bits per heavy atom. The maximum atomic E-state index is 13.1. The maximum Gasteiger partial charge on any atom is 0.330 e. The predicted molar refractivity (Wildman–Crippen MR) is 146 cm³/mol. The molecule has 1 atom stereocenters. The van der Waals surface area contributed by atoms with Gasteiger partial charge in [0.1, 0.15) is 12.2 Å². The first-order valence-corrected chi connectivity index (χ1v) is 13.2. The second kappa shape index (κ2) is 16.4. The average molecular weight is 529 g/mol. The first-order chi connectivity index (χ1) is 17.8. The van der Waals surface area contributed by atoms with Crippen molar-refractivity contribution in [1.29, 1.82) is 0 Å². The molecule has 0 saturated carbocycles. The number of aromatic nitrogens is 1. The lowest BCUT2D eigenvalue weighted by molar-refractivity contribution is -0.137. The molecular formula is C27H36N4O5S.